The zero-order valence-corrected chi connectivity index (χ0v) is 10.6. The van der Waals surface area contributed by atoms with E-state index in [1.54, 1.807) is 0 Å². The predicted molar refractivity (Wildman–Crippen MR) is 72.7 cm³/mol. The van der Waals surface area contributed by atoms with Gasteiger partial charge in [0.05, 0.1) is 6.61 Å². The SMILES string of the molecule is O=C1O[C@@H](CCc2cccc3ccccc23)[C@@H]1CO. The fraction of sp³-hybridized carbons (Fsp3) is 0.312. The zero-order valence-electron chi connectivity index (χ0n) is 10.6. The van der Waals surface area contributed by atoms with Gasteiger partial charge in [0.1, 0.15) is 12.0 Å². The number of rotatable bonds is 4. The molecule has 0 unspecified atom stereocenters. The number of cyclic esters (lactones) is 1. The van der Waals surface area contributed by atoms with Gasteiger partial charge in [-0.25, -0.2) is 0 Å². The molecule has 19 heavy (non-hydrogen) atoms. The average molecular weight is 256 g/mol. The zero-order chi connectivity index (χ0) is 13.2. The van der Waals surface area contributed by atoms with Crippen LogP contribution < -0.4 is 0 Å². The molecule has 2 aromatic rings. The van der Waals surface area contributed by atoms with E-state index < -0.39 is 0 Å². The number of aliphatic hydroxyl groups is 1. The van der Waals surface area contributed by atoms with Crippen LogP contribution in [0, 0.1) is 5.92 Å². The normalized spacial score (nSPS) is 22.1. The van der Waals surface area contributed by atoms with Gasteiger partial charge in [0, 0.05) is 0 Å². The lowest BCUT2D eigenvalue weighted by molar-refractivity contribution is -0.188. The molecular weight excluding hydrogens is 240 g/mol. The maximum atomic E-state index is 11.1. The van der Waals surface area contributed by atoms with Gasteiger partial charge in [0.15, 0.2) is 0 Å². The Labute approximate surface area is 111 Å². The molecule has 1 aliphatic heterocycles. The van der Waals surface area contributed by atoms with Crippen LogP contribution in [0.5, 0.6) is 0 Å². The fourth-order valence-electron chi connectivity index (χ4n) is 2.66. The highest BCUT2D eigenvalue weighted by Crippen LogP contribution is 2.27. The number of carbonyl (C=O) groups excluding carboxylic acids is 1. The number of ether oxygens (including phenoxy) is 1. The first kappa shape index (κ1) is 12.2. The van der Waals surface area contributed by atoms with E-state index in [1.165, 1.54) is 16.3 Å². The quantitative estimate of drug-likeness (QED) is 0.854. The summed E-state index contributed by atoms with van der Waals surface area (Å²) in [7, 11) is 0. The molecule has 0 aliphatic carbocycles. The Bertz CT molecular complexity index is 600. The second-order valence-corrected chi connectivity index (χ2v) is 4.94. The first-order valence-corrected chi connectivity index (χ1v) is 6.57. The van der Waals surface area contributed by atoms with Crippen molar-refractivity contribution >= 4 is 16.7 Å². The number of hydrogen-bond donors (Lipinski definition) is 1. The maximum Gasteiger partial charge on any atom is 0.315 e. The van der Waals surface area contributed by atoms with Crippen molar-refractivity contribution in [3.05, 3.63) is 48.0 Å². The van der Waals surface area contributed by atoms with Crippen LogP contribution in [0.2, 0.25) is 0 Å². The summed E-state index contributed by atoms with van der Waals surface area (Å²) in [6.07, 6.45) is 1.50. The summed E-state index contributed by atoms with van der Waals surface area (Å²) in [5.41, 5.74) is 1.26. The molecule has 0 saturated carbocycles. The Hall–Kier alpha value is -1.87. The van der Waals surface area contributed by atoms with Gasteiger partial charge in [-0.15, -0.1) is 0 Å². The third kappa shape index (κ3) is 2.22. The van der Waals surface area contributed by atoms with Gasteiger partial charge in [-0.1, -0.05) is 42.5 Å². The van der Waals surface area contributed by atoms with Gasteiger partial charge in [-0.2, -0.15) is 0 Å². The van der Waals surface area contributed by atoms with Crippen molar-refractivity contribution in [1.82, 2.24) is 0 Å². The van der Waals surface area contributed by atoms with Crippen molar-refractivity contribution < 1.29 is 14.6 Å². The molecule has 1 N–H and O–H groups in total. The highest BCUT2D eigenvalue weighted by molar-refractivity contribution is 5.85. The minimum absolute atomic E-state index is 0.112. The Morgan fingerprint density at radius 1 is 1.11 bits per heavy atom. The summed E-state index contributed by atoms with van der Waals surface area (Å²) in [5, 5.41) is 11.6. The smallest absolute Gasteiger partial charge is 0.315 e. The summed E-state index contributed by atoms with van der Waals surface area (Å²) in [6, 6.07) is 14.5. The fourth-order valence-corrected chi connectivity index (χ4v) is 2.66. The molecule has 0 aromatic heterocycles. The number of aryl methyl sites for hydroxylation is 1. The minimum Gasteiger partial charge on any atom is -0.461 e. The Morgan fingerprint density at radius 2 is 1.89 bits per heavy atom. The van der Waals surface area contributed by atoms with Crippen molar-refractivity contribution in [2.75, 3.05) is 6.61 Å². The van der Waals surface area contributed by atoms with Gasteiger partial charge in [-0.05, 0) is 29.2 Å². The Balaban J connectivity index is 1.74. The minimum atomic E-state index is -0.324. The van der Waals surface area contributed by atoms with Crippen LogP contribution >= 0.6 is 0 Å². The van der Waals surface area contributed by atoms with Crippen LogP contribution in [-0.2, 0) is 16.0 Å². The molecule has 3 nitrogen and oxygen atoms in total. The van der Waals surface area contributed by atoms with Crippen molar-refractivity contribution in [2.45, 2.75) is 18.9 Å². The van der Waals surface area contributed by atoms with E-state index in [4.69, 9.17) is 9.84 Å². The van der Waals surface area contributed by atoms with Crippen molar-refractivity contribution in [3.63, 3.8) is 0 Å². The van der Waals surface area contributed by atoms with Gasteiger partial charge in [-0.3, -0.25) is 4.79 Å². The number of fused-ring (bicyclic) bond motifs is 1. The molecule has 1 saturated heterocycles. The lowest BCUT2D eigenvalue weighted by Gasteiger charge is -2.33. The van der Waals surface area contributed by atoms with E-state index in [9.17, 15) is 4.79 Å². The highest BCUT2D eigenvalue weighted by Gasteiger charge is 2.41. The van der Waals surface area contributed by atoms with Gasteiger partial charge >= 0.3 is 5.97 Å². The van der Waals surface area contributed by atoms with E-state index in [0.29, 0.717) is 0 Å². The van der Waals surface area contributed by atoms with Crippen LogP contribution in [0.3, 0.4) is 0 Å². The molecule has 1 heterocycles. The van der Waals surface area contributed by atoms with Crippen LogP contribution in [0.1, 0.15) is 12.0 Å². The molecule has 0 radical (unpaired) electrons. The molecule has 3 rings (SSSR count). The first-order valence-electron chi connectivity index (χ1n) is 6.57. The van der Waals surface area contributed by atoms with E-state index in [2.05, 4.69) is 24.3 Å². The third-order valence-electron chi connectivity index (χ3n) is 3.79. The summed E-state index contributed by atoms with van der Waals surface area (Å²) < 4.78 is 5.08. The summed E-state index contributed by atoms with van der Waals surface area (Å²) >= 11 is 0. The second-order valence-electron chi connectivity index (χ2n) is 4.94. The van der Waals surface area contributed by atoms with Crippen LogP contribution in [0.4, 0.5) is 0 Å². The average Bonchev–Trinajstić information content (AvgIpc) is 2.43. The first-order chi connectivity index (χ1) is 9.29. The topological polar surface area (TPSA) is 46.5 Å². The lowest BCUT2D eigenvalue weighted by Crippen LogP contribution is -2.47. The number of benzene rings is 2. The van der Waals surface area contributed by atoms with Gasteiger partial charge < -0.3 is 9.84 Å². The van der Waals surface area contributed by atoms with Crippen molar-refractivity contribution in [2.24, 2.45) is 5.92 Å². The monoisotopic (exact) mass is 256 g/mol. The van der Waals surface area contributed by atoms with Gasteiger partial charge in [0.25, 0.3) is 0 Å². The van der Waals surface area contributed by atoms with E-state index >= 15 is 0 Å². The third-order valence-corrected chi connectivity index (χ3v) is 3.79. The predicted octanol–water partition coefficient (Wildman–Crippen LogP) is 2.31. The molecule has 1 fully saturated rings. The summed E-state index contributed by atoms with van der Waals surface area (Å²) in [4.78, 5) is 11.1. The largest absolute Gasteiger partial charge is 0.461 e. The lowest BCUT2D eigenvalue weighted by atomic mass is 9.91. The number of hydrogen-bond acceptors (Lipinski definition) is 3. The molecule has 1 aliphatic rings. The van der Waals surface area contributed by atoms with Gasteiger partial charge in [0.2, 0.25) is 0 Å². The molecular formula is C16H16O3. The second kappa shape index (κ2) is 5.02. The van der Waals surface area contributed by atoms with E-state index in [1.807, 2.05) is 18.2 Å². The molecule has 3 heteroatoms. The van der Waals surface area contributed by atoms with Crippen LogP contribution in [0.15, 0.2) is 42.5 Å². The standard InChI is InChI=1S/C16H16O3/c17-10-14-15(19-16(14)18)9-8-12-6-3-5-11-4-1-2-7-13(11)12/h1-7,14-15,17H,8-10H2/t14-,15-/m0/s1. The van der Waals surface area contributed by atoms with E-state index in [-0.39, 0.29) is 24.6 Å². The molecule has 0 bridgehead atoms. The molecule has 2 aromatic carbocycles. The van der Waals surface area contributed by atoms with E-state index in [0.717, 1.165) is 12.8 Å². The molecule has 98 valence electrons. The number of esters is 1. The number of aliphatic hydroxyl groups excluding tert-OH is 1. The Kier molecular flexibility index (Phi) is 3.22. The molecule has 0 amide bonds. The molecule has 0 spiro atoms. The number of carbonyl (C=O) groups is 1. The highest BCUT2D eigenvalue weighted by atomic mass is 16.6. The maximum absolute atomic E-state index is 11.1. The summed E-state index contributed by atoms with van der Waals surface area (Å²) in [6.45, 7) is -0.112. The Morgan fingerprint density at radius 3 is 2.68 bits per heavy atom. The van der Waals surface area contributed by atoms with Crippen molar-refractivity contribution in [1.29, 1.82) is 0 Å². The van der Waals surface area contributed by atoms with Crippen LogP contribution in [0.25, 0.3) is 10.8 Å². The summed E-state index contributed by atoms with van der Waals surface area (Å²) in [5.74, 6) is -0.597. The van der Waals surface area contributed by atoms with Crippen LogP contribution in [-0.4, -0.2) is 23.8 Å². The van der Waals surface area contributed by atoms with Crippen molar-refractivity contribution in [3.8, 4) is 0 Å². The molecule has 2 atom stereocenters.